The molecule has 94 valence electrons. The second-order valence-electron chi connectivity index (χ2n) is 4.53. The number of aryl methyl sites for hydroxylation is 3. The van der Waals surface area contributed by atoms with Crippen molar-refractivity contribution in [2.75, 3.05) is 0 Å². The lowest BCUT2D eigenvalue weighted by molar-refractivity contribution is 0.740. The summed E-state index contributed by atoms with van der Waals surface area (Å²) in [5.41, 5.74) is 4.51. The Morgan fingerprint density at radius 2 is 1.83 bits per heavy atom. The van der Waals surface area contributed by atoms with E-state index in [0.29, 0.717) is 6.54 Å². The highest BCUT2D eigenvalue weighted by Crippen LogP contribution is 2.17. The quantitative estimate of drug-likeness (QED) is 0.834. The largest absolute Gasteiger partial charge is 0.307 e. The van der Waals surface area contributed by atoms with Crippen LogP contribution in [-0.2, 0) is 6.54 Å². The number of halogens is 1. The fourth-order valence-electron chi connectivity index (χ4n) is 2.17. The van der Waals surface area contributed by atoms with E-state index in [9.17, 15) is 4.79 Å². The van der Waals surface area contributed by atoms with Crippen LogP contribution in [0.25, 0.3) is 0 Å². The maximum Gasteiger partial charge on any atom is 0.288 e. The van der Waals surface area contributed by atoms with Crippen LogP contribution in [0.2, 0.25) is 5.15 Å². The Morgan fingerprint density at radius 1 is 1.22 bits per heavy atom. The molecule has 0 radical (unpaired) electrons. The van der Waals surface area contributed by atoms with Gasteiger partial charge in [-0.25, -0.2) is 4.98 Å². The molecule has 2 aromatic rings. The minimum absolute atomic E-state index is 0.0138. The Labute approximate surface area is 111 Å². The molecule has 0 saturated carbocycles. The zero-order chi connectivity index (χ0) is 13.3. The van der Waals surface area contributed by atoms with Crippen molar-refractivity contribution >= 4 is 11.6 Å². The van der Waals surface area contributed by atoms with Crippen LogP contribution in [0.15, 0.2) is 29.3 Å². The molecule has 0 bridgehead atoms. The van der Waals surface area contributed by atoms with Crippen LogP contribution < -0.4 is 5.56 Å². The maximum absolute atomic E-state index is 11.8. The van der Waals surface area contributed by atoms with E-state index in [2.05, 4.69) is 37.9 Å². The fourth-order valence-corrected chi connectivity index (χ4v) is 2.34. The van der Waals surface area contributed by atoms with Gasteiger partial charge in [0.05, 0.1) is 6.54 Å². The van der Waals surface area contributed by atoms with Crippen LogP contribution in [-0.4, -0.2) is 9.55 Å². The van der Waals surface area contributed by atoms with Crippen LogP contribution in [0.1, 0.15) is 22.3 Å². The Balaban J connectivity index is 2.47. The van der Waals surface area contributed by atoms with Crippen molar-refractivity contribution in [1.82, 2.24) is 9.55 Å². The topological polar surface area (TPSA) is 34.9 Å². The number of aromatic nitrogens is 2. The summed E-state index contributed by atoms with van der Waals surface area (Å²) in [5.74, 6) is 0. The Bertz CT molecular complexity index is 623. The summed E-state index contributed by atoms with van der Waals surface area (Å²) in [6, 6.07) is 4.24. The van der Waals surface area contributed by atoms with Crippen molar-refractivity contribution in [2.24, 2.45) is 0 Å². The Morgan fingerprint density at radius 3 is 2.44 bits per heavy atom. The van der Waals surface area contributed by atoms with Gasteiger partial charge in [-0.1, -0.05) is 29.3 Å². The zero-order valence-electron chi connectivity index (χ0n) is 10.7. The summed E-state index contributed by atoms with van der Waals surface area (Å²) in [5, 5.41) is 0.0138. The summed E-state index contributed by atoms with van der Waals surface area (Å²) in [7, 11) is 0. The van der Waals surface area contributed by atoms with E-state index in [1.54, 1.807) is 17.0 Å². The normalized spacial score (nSPS) is 10.7. The van der Waals surface area contributed by atoms with Crippen molar-refractivity contribution in [3.63, 3.8) is 0 Å². The molecule has 0 saturated heterocycles. The summed E-state index contributed by atoms with van der Waals surface area (Å²) < 4.78 is 1.58. The van der Waals surface area contributed by atoms with E-state index in [1.807, 2.05) is 0 Å². The van der Waals surface area contributed by atoms with Crippen LogP contribution in [0, 0.1) is 20.8 Å². The van der Waals surface area contributed by atoms with Crippen LogP contribution in [0.4, 0.5) is 0 Å². The third kappa shape index (κ3) is 2.46. The lowest BCUT2D eigenvalue weighted by atomic mass is 10.00. The predicted molar refractivity (Wildman–Crippen MR) is 73.3 cm³/mol. The Hall–Kier alpha value is -1.61. The van der Waals surface area contributed by atoms with E-state index in [-0.39, 0.29) is 10.7 Å². The fraction of sp³-hybridized carbons (Fsp3) is 0.286. The highest BCUT2D eigenvalue weighted by atomic mass is 35.5. The summed E-state index contributed by atoms with van der Waals surface area (Å²) in [6.45, 7) is 6.71. The molecule has 18 heavy (non-hydrogen) atoms. The minimum atomic E-state index is -0.251. The predicted octanol–water partition coefficient (Wildman–Crippen LogP) is 2.87. The molecular formula is C14H15ClN2O. The molecule has 4 heteroatoms. The molecule has 0 spiro atoms. The van der Waals surface area contributed by atoms with Gasteiger partial charge in [-0.15, -0.1) is 0 Å². The average Bonchev–Trinajstić information content (AvgIpc) is 2.28. The molecule has 0 N–H and O–H groups in total. The van der Waals surface area contributed by atoms with E-state index in [4.69, 9.17) is 11.6 Å². The first-order valence-corrected chi connectivity index (χ1v) is 6.14. The van der Waals surface area contributed by atoms with Crippen molar-refractivity contribution in [3.8, 4) is 0 Å². The highest BCUT2D eigenvalue weighted by molar-refractivity contribution is 6.29. The second-order valence-corrected chi connectivity index (χ2v) is 4.89. The molecule has 0 fully saturated rings. The Kier molecular flexibility index (Phi) is 3.53. The van der Waals surface area contributed by atoms with Crippen molar-refractivity contribution in [3.05, 3.63) is 62.3 Å². The lowest BCUT2D eigenvalue weighted by Crippen LogP contribution is -2.22. The van der Waals surface area contributed by atoms with E-state index < -0.39 is 0 Å². The third-order valence-electron chi connectivity index (χ3n) is 3.04. The molecule has 0 aliphatic carbocycles. The average molecular weight is 263 g/mol. The van der Waals surface area contributed by atoms with Gasteiger partial charge in [-0.2, -0.15) is 0 Å². The van der Waals surface area contributed by atoms with Crippen LogP contribution in [0.3, 0.4) is 0 Å². The second kappa shape index (κ2) is 4.94. The molecule has 1 heterocycles. The van der Waals surface area contributed by atoms with Gasteiger partial charge in [-0.05, 0) is 37.5 Å². The molecular weight excluding hydrogens is 248 g/mol. The van der Waals surface area contributed by atoms with Gasteiger partial charge in [-0.3, -0.25) is 4.79 Å². The van der Waals surface area contributed by atoms with Gasteiger partial charge in [0.15, 0.2) is 5.15 Å². The molecule has 0 amide bonds. The molecule has 2 rings (SSSR count). The number of hydrogen-bond acceptors (Lipinski definition) is 2. The van der Waals surface area contributed by atoms with Gasteiger partial charge >= 0.3 is 0 Å². The molecule has 0 aliphatic rings. The molecule has 1 aromatic carbocycles. The monoisotopic (exact) mass is 262 g/mol. The molecule has 0 aliphatic heterocycles. The summed E-state index contributed by atoms with van der Waals surface area (Å²) in [4.78, 5) is 15.6. The minimum Gasteiger partial charge on any atom is -0.307 e. The molecule has 0 unspecified atom stereocenters. The van der Waals surface area contributed by atoms with E-state index in [0.717, 1.165) is 5.56 Å². The maximum atomic E-state index is 11.8. The van der Waals surface area contributed by atoms with Gasteiger partial charge in [0.2, 0.25) is 0 Å². The van der Waals surface area contributed by atoms with Crippen molar-refractivity contribution < 1.29 is 0 Å². The highest BCUT2D eigenvalue weighted by Gasteiger charge is 2.07. The van der Waals surface area contributed by atoms with E-state index in [1.165, 1.54) is 16.7 Å². The molecule has 3 nitrogen and oxygen atoms in total. The number of hydrogen-bond donors (Lipinski definition) is 0. The first-order valence-electron chi connectivity index (χ1n) is 5.76. The number of rotatable bonds is 2. The summed E-state index contributed by atoms with van der Waals surface area (Å²) in [6.07, 6.45) is 3.20. The van der Waals surface area contributed by atoms with Crippen molar-refractivity contribution in [2.45, 2.75) is 27.3 Å². The summed E-state index contributed by atoms with van der Waals surface area (Å²) >= 11 is 5.74. The SMILES string of the molecule is Cc1cc(C)c(Cn2ccnc(Cl)c2=O)c(C)c1. The number of nitrogens with zero attached hydrogens (tertiary/aromatic N) is 2. The molecule has 0 atom stereocenters. The smallest absolute Gasteiger partial charge is 0.288 e. The van der Waals surface area contributed by atoms with Crippen molar-refractivity contribution in [1.29, 1.82) is 0 Å². The number of benzene rings is 1. The first-order chi connectivity index (χ1) is 8.49. The standard InChI is InChI=1S/C14H15ClN2O/c1-9-6-10(2)12(11(3)7-9)8-17-5-4-16-13(15)14(17)18/h4-7H,8H2,1-3H3. The lowest BCUT2D eigenvalue weighted by Gasteiger charge is -2.12. The van der Waals surface area contributed by atoms with Gasteiger partial charge < -0.3 is 4.57 Å². The first kappa shape index (κ1) is 12.8. The van der Waals surface area contributed by atoms with E-state index >= 15 is 0 Å². The van der Waals surface area contributed by atoms with Gasteiger partial charge in [0, 0.05) is 12.4 Å². The zero-order valence-corrected chi connectivity index (χ0v) is 11.5. The third-order valence-corrected chi connectivity index (χ3v) is 3.30. The van der Waals surface area contributed by atoms with Gasteiger partial charge in [0.25, 0.3) is 5.56 Å². The van der Waals surface area contributed by atoms with Crippen LogP contribution >= 0.6 is 11.6 Å². The van der Waals surface area contributed by atoms with Gasteiger partial charge in [0.1, 0.15) is 0 Å². The van der Waals surface area contributed by atoms with Crippen LogP contribution in [0.5, 0.6) is 0 Å². The molecule has 1 aromatic heterocycles.